The fourth-order valence-corrected chi connectivity index (χ4v) is 4.08. The fourth-order valence-electron chi connectivity index (χ4n) is 2.94. The summed E-state index contributed by atoms with van der Waals surface area (Å²) >= 11 is 2.03. The first kappa shape index (κ1) is 16.8. The van der Waals surface area contributed by atoms with Crippen LogP contribution in [0.15, 0.2) is 0 Å². The number of carbonyl (C=O) groups excluding carboxylic acids is 1. The molecule has 0 bridgehead atoms. The molecule has 3 N–H and O–H groups in total. The van der Waals surface area contributed by atoms with Crippen LogP contribution in [0.5, 0.6) is 0 Å². The van der Waals surface area contributed by atoms with E-state index in [-0.39, 0.29) is 5.91 Å². The van der Waals surface area contributed by atoms with Gasteiger partial charge in [-0.3, -0.25) is 4.79 Å². The lowest BCUT2D eigenvalue weighted by molar-refractivity contribution is -0.122. The predicted molar refractivity (Wildman–Crippen MR) is 84.3 cm³/mol. The summed E-state index contributed by atoms with van der Waals surface area (Å²) in [7, 11) is 0. The van der Waals surface area contributed by atoms with E-state index in [0.29, 0.717) is 30.8 Å². The minimum Gasteiger partial charge on any atom is -0.353 e. The highest BCUT2D eigenvalue weighted by atomic mass is 32.2. The number of amides is 1. The van der Waals surface area contributed by atoms with Crippen molar-refractivity contribution in [2.24, 2.45) is 17.6 Å². The molecule has 1 aliphatic rings. The number of nitrogens with one attached hydrogen (secondary N) is 1. The lowest BCUT2D eigenvalue weighted by Gasteiger charge is -2.19. The third-order valence-electron chi connectivity index (χ3n) is 3.76. The molecule has 1 rings (SSSR count). The summed E-state index contributed by atoms with van der Waals surface area (Å²) in [5, 5.41) is 3.94. The van der Waals surface area contributed by atoms with Crippen LogP contribution in [0, 0.1) is 11.8 Å². The van der Waals surface area contributed by atoms with Crippen molar-refractivity contribution in [3.05, 3.63) is 0 Å². The maximum atomic E-state index is 12.0. The van der Waals surface area contributed by atoms with Gasteiger partial charge in [0.15, 0.2) is 0 Å². The SMILES string of the molecule is CCSC1CCC(NC(=O)C[C@@H](CN)CC(C)C)C1. The van der Waals surface area contributed by atoms with Crippen molar-refractivity contribution in [1.82, 2.24) is 5.32 Å². The van der Waals surface area contributed by atoms with Crippen LogP contribution in [0.2, 0.25) is 0 Å². The van der Waals surface area contributed by atoms with Gasteiger partial charge in [0.05, 0.1) is 0 Å². The van der Waals surface area contributed by atoms with Crippen LogP contribution in [0.4, 0.5) is 0 Å². The van der Waals surface area contributed by atoms with Gasteiger partial charge in [0, 0.05) is 17.7 Å². The Morgan fingerprint density at radius 2 is 2.16 bits per heavy atom. The molecule has 3 nitrogen and oxygen atoms in total. The zero-order valence-electron chi connectivity index (χ0n) is 12.7. The molecule has 0 aromatic heterocycles. The Labute approximate surface area is 122 Å². The molecule has 0 saturated heterocycles. The van der Waals surface area contributed by atoms with E-state index in [2.05, 4.69) is 26.1 Å². The monoisotopic (exact) mass is 286 g/mol. The Bertz CT molecular complexity index is 271. The van der Waals surface area contributed by atoms with Crippen LogP contribution >= 0.6 is 11.8 Å². The largest absolute Gasteiger partial charge is 0.353 e. The first-order valence-corrected chi connectivity index (χ1v) is 8.71. The highest BCUT2D eigenvalue weighted by molar-refractivity contribution is 7.99. The first-order chi connectivity index (χ1) is 9.05. The lowest BCUT2D eigenvalue weighted by atomic mass is 9.94. The van der Waals surface area contributed by atoms with Crippen molar-refractivity contribution in [1.29, 1.82) is 0 Å². The third-order valence-corrected chi connectivity index (χ3v) is 5.00. The summed E-state index contributed by atoms with van der Waals surface area (Å²) in [4.78, 5) is 12.0. The Morgan fingerprint density at radius 3 is 2.74 bits per heavy atom. The molecule has 1 fully saturated rings. The summed E-state index contributed by atoms with van der Waals surface area (Å²) in [6.07, 6.45) is 5.16. The van der Waals surface area contributed by atoms with Crippen LogP contribution in [0.25, 0.3) is 0 Å². The molecule has 0 aromatic carbocycles. The van der Waals surface area contributed by atoms with E-state index in [4.69, 9.17) is 5.73 Å². The van der Waals surface area contributed by atoms with E-state index in [1.807, 2.05) is 11.8 Å². The highest BCUT2D eigenvalue weighted by Crippen LogP contribution is 2.29. The van der Waals surface area contributed by atoms with Gasteiger partial charge >= 0.3 is 0 Å². The molecule has 3 atom stereocenters. The van der Waals surface area contributed by atoms with Crippen molar-refractivity contribution in [2.45, 2.75) is 64.2 Å². The van der Waals surface area contributed by atoms with E-state index in [1.165, 1.54) is 12.2 Å². The predicted octanol–water partition coefficient (Wildman–Crippen LogP) is 2.79. The topological polar surface area (TPSA) is 55.1 Å². The van der Waals surface area contributed by atoms with E-state index < -0.39 is 0 Å². The molecule has 1 aliphatic carbocycles. The normalized spacial score (nSPS) is 24.7. The number of nitrogens with two attached hydrogens (primary N) is 1. The Hall–Kier alpha value is -0.220. The van der Waals surface area contributed by atoms with Crippen molar-refractivity contribution in [3.63, 3.8) is 0 Å². The maximum absolute atomic E-state index is 12.0. The molecule has 112 valence electrons. The summed E-state index contributed by atoms with van der Waals surface area (Å²) in [6.45, 7) is 7.19. The lowest BCUT2D eigenvalue weighted by Crippen LogP contribution is -2.35. The summed E-state index contributed by atoms with van der Waals surface area (Å²) < 4.78 is 0. The molecule has 0 spiro atoms. The highest BCUT2D eigenvalue weighted by Gasteiger charge is 2.26. The number of hydrogen-bond donors (Lipinski definition) is 2. The summed E-state index contributed by atoms with van der Waals surface area (Å²) in [6, 6.07) is 0.397. The molecule has 1 saturated carbocycles. The second-order valence-corrected chi connectivity index (χ2v) is 7.67. The molecule has 4 heteroatoms. The minimum atomic E-state index is 0.197. The molecule has 0 aromatic rings. The zero-order chi connectivity index (χ0) is 14.3. The number of rotatable bonds is 8. The van der Waals surface area contributed by atoms with Crippen molar-refractivity contribution in [3.8, 4) is 0 Å². The fraction of sp³-hybridized carbons (Fsp3) is 0.933. The van der Waals surface area contributed by atoms with Gasteiger partial charge in [-0.2, -0.15) is 11.8 Å². The average Bonchev–Trinajstić information content (AvgIpc) is 2.75. The van der Waals surface area contributed by atoms with Crippen LogP contribution in [0.3, 0.4) is 0 Å². The third kappa shape index (κ3) is 6.66. The van der Waals surface area contributed by atoms with Gasteiger partial charge in [0.1, 0.15) is 0 Å². The standard InChI is InChI=1S/C15H30N2OS/c1-4-19-14-6-5-13(9-14)17-15(18)8-12(10-16)7-11(2)3/h11-14H,4-10,16H2,1-3H3,(H,17,18)/t12-,13?,14?/m0/s1. The molecule has 0 radical (unpaired) electrons. The van der Waals surface area contributed by atoms with Crippen LogP contribution in [-0.4, -0.2) is 29.5 Å². The van der Waals surface area contributed by atoms with Gasteiger partial charge in [0.25, 0.3) is 0 Å². The molecule has 0 heterocycles. The van der Waals surface area contributed by atoms with E-state index in [0.717, 1.165) is 24.5 Å². The Balaban J connectivity index is 2.27. The molecule has 19 heavy (non-hydrogen) atoms. The molecular weight excluding hydrogens is 256 g/mol. The second-order valence-electron chi connectivity index (χ2n) is 6.09. The molecule has 1 amide bonds. The Kier molecular flexibility index (Phi) is 7.84. The number of hydrogen-bond acceptors (Lipinski definition) is 3. The van der Waals surface area contributed by atoms with Crippen LogP contribution in [-0.2, 0) is 4.79 Å². The summed E-state index contributed by atoms with van der Waals surface area (Å²) in [5.41, 5.74) is 5.76. The van der Waals surface area contributed by atoms with Gasteiger partial charge in [0.2, 0.25) is 5.91 Å². The van der Waals surface area contributed by atoms with Crippen LogP contribution in [0.1, 0.15) is 52.9 Å². The van der Waals surface area contributed by atoms with Crippen molar-refractivity contribution >= 4 is 17.7 Å². The van der Waals surface area contributed by atoms with Crippen LogP contribution < -0.4 is 11.1 Å². The van der Waals surface area contributed by atoms with Gasteiger partial charge in [-0.25, -0.2) is 0 Å². The van der Waals surface area contributed by atoms with Crippen molar-refractivity contribution < 1.29 is 4.79 Å². The second kappa shape index (κ2) is 8.85. The van der Waals surface area contributed by atoms with Gasteiger partial charge in [-0.15, -0.1) is 0 Å². The number of carbonyl (C=O) groups is 1. The molecule has 0 aliphatic heterocycles. The van der Waals surface area contributed by atoms with E-state index >= 15 is 0 Å². The molecule has 2 unspecified atom stereocenters. The quantitative estimate of drug-likeness (QED) is 0.721. The number of thioether (sulfide) groups is 1. The molecular formula is C15H30N2OS. The van der Waals surface area contributed by atoms with Gasteiger partial charge in [-0.1, -0.05) is 20.8 Å². The Morgan fingerprint density at radius 1 is 1.42 bits per heavy atom. The van der Waals surface area contributed by atoms with Crippen molar-refractivity contribution in [2.75, 3.05) is 12.3 Å². The van der Waals surface area contributed by atoms with Gasteiger partial charge in [-0.05, 0) is 49.8 Å². The minimum absolute atomic E-state index is 0.197. The van der Waals surface area contributed by atoms with E-state index in [1.54, 1.807) is 0 Å². The average molecular weight is 286 g/mol. The van der Waals surface area contributed by atoms with E-state index in [9.17, 15) is 4.79 Å². The smallest absolute Gasteiger partial charge is 0.220 e. The zero-order valence-corrected chi connectivity index (χ0v) is 13.5. The van der Waals surface area contributed by atoms with Gasteiger partial charge < -0.3 is 11.1 Å². The summed E-state index contributed by atoms with van der Waals surface area (Å²) in [5.74, 6) is 2.32. The first-order valence-electron chi connectivity index (χ1n) is 7.66. The maximum Gasteiger partial charge on any atom is 0.220 e.